The number of benzene rings is 4. The molecule has 0 bridgehead atoms. The third-order valence-electron chi connectivity index (χ3n) is 5.74. The number of fused-ring (bicyclic) bond motifs is 1. The van der Waals surface area contributed by atoms with Gasteiger partial charge in [0, 0.05) is 23.2 Å². The fraction of sp³-hybridized carbons (Fsp3) is 0.107. The summed E-state index contributed by atoms with van der Waals surface area (Å²) >= 11 is 5.84. The van der Waals surface area contributed by atoms with Crippen LogP contribution in [-0.2, 0) is 12.6 Å². The Morgan fingerprint density at radius 1 is 0.921 bits per heavy atom. The van der Waals surface area contributed by atoms with Crippen LogP contribution in [-0.4, -0.2) is 29.7 Å². The van der Waals surface area contributed by atoms with E-state index < -0.39 is 17.6 Å². The number of rotatable bonds is 7. The van der Waals surface area contributed by atoms with E-state index in [-0.39, 0.29) is 35.2 Å². The predicted octanol–water partition coefficient (Wildman–Crippen LogP) is 5.95. The second-order valence-corrected chi connectivity index (χ2v) is 8.72. The molecule has 0 aromatic heterocycles. The van der Waals surface area contributed by atoms with Crippen molar-refractivity contribution in [3.63, 3.8) is 0 Å². The monoisotopic (exact) mass is 539 g/mol. The Labute approximate surface area is 220 Å². The molecule has 2 amide bonds. The molecule has 0 heterocycles. The van der Waals surface area contributed by atoms with E-state index in [1.807, 2.05) is 0 Å². The van der Waals surface area contributed by atoms with Gasteiger partial charge in [0.15, 0.2) is 0 Å². The SMILES string of the molecule is O=C(NN=Cc1ccc(C(=O)NCCc2cccc(C(F)(F)F)c2)c2ccccc12)c1ccc(O)c(Cl)c1. The van der Waals surface area contributed by atoms with Crippen molar-refractivity contribution >= 4 is 40.4 Å². The minimum absolute atomic E-state index is 0.0383. The minimum atomic E-state index is -4.43. The van der Waals surface area contributed by atoms with E-state index >= 15 is 0 Å². The number of nitrogens with one attached hydrogen (secondary N) is 2. The molecule has 38 heavy (non-hydrogen) atoms. The Morgan fingerprint density at radius 2 is 1.68 bits per heavy atom. The van der Waals surface area contributed by atoms with Gasteiger partial charge in [-0.3, -0.25) is 9.59 Å². The largest absolute Gasteiger partial charge is 0.506 e. The summed E-state index contributed by atoms with van der Waals surface area (Å²) in [6.07, 6.45) is -2.74. The number of alkyl halides is 3. The highest BCUT2D eigenvalue weighted by atomic mass is 35.5. The van der Waals surface area contributed by atoms with Crippen LogP contribution >= 0.6 is 11.6 Å². The lowest BCUT2D eigenvalue weighted by atomic mass is 9.99. The molecule has 0 atom stereocenters. The molecule has 0 saturated carbocycles. The third kappa shape index (κ3) is 6.30. The number of carbonyl (C=O) groups is 2. The van der Waals surface area contributed by atoms with Crippen LogP contribution < -0.4 is 10.7 Å². The average molecular weight is 540 g/mol. The molecular formula is C28H21ClF3N3O3. The van der Waals surface area contributed by atoms with Crippen LogP contribution in [0.5, 0.6) is 5.75 Å². The van der Waals surface area contributed by atoms with Gasteiger partial charge < -0.3 is 10.4 Å². The van der Waals surface area contributed by atoms with E-state index in [0.29, 0.717) is 27.5 Å². The van der Waals surface area contributed by atoms with Gasteiger partial charge in [-0.05, 0) is 53.1 Å². The van der Waals surface area contributed by atoms with Crippen LogP contribution in [0.2, 0.25) is 5.02 Å². The van der Waals surface area contributed by atoms with E-state index in [1.54, 1.807) is 42.5 Å². The van der Waals surface area contributed by atoms with E-state index in [9.17, 15) is 27.9 Å². The topological polar surface area (TPSA) is 90.8 Å². The molecule has 0 saturated heterocycles. The van der Waals surface area contributed by atoms with Crippen molar-refractivity contribution < 1.29 is 27.9 Å². The minimum Gasteiger partial charge on any atom is -0.506 e. The molecule has 0 aliphatic heterocycles. The molecule has 4 aromatic rings. The van der Waals surface area contributed by atoms with Crippen molar-refractivity contribution in [3.05, 3.63) is 112 Å². The quantitative estimate of drug-likeness (QED) is 0.200. The molecule has 0 aliphatic rings. The first kappa shape index (κ1) is 26.7. The zero-order chi connectivity index (χ0) is 27.3. The maximum absolute atomic E-state index is 12.9. The zero-order valence-corrected chi connectivity index (χ0v) is 20.5. The Balaban J connectivity index is 1.44. The highest BCUT2D eigenvalue weighted by molar-refractivity contribution is 6.32. The summed E-state index contributed by atoms with van der Waals surface area (Å²) in [4.78, 5) is 25.2. The number of amides is 2. The molecule has 4 rings (SSSR count). The zero-order valence-electron chi connectivity index (χ0n) is 19.7. The van der Waals surface area contributed by atoms with Gasteiger partial charge in [0.1, 0.15) is 5.75 Å². The first-order chi connectivity index (χ1) is 18.1. The molecule has 0 spiro atoms. The molecule has 4 aromatic carbocycles. The molecule has 3 N–H and O–H groups in total. The van der Waals surface area contributed by atoms with E-state index in [4.69, 9.17) is 11.6 Å². The van der Waals surface area contributed by atoms with Gasteiger partial charge in [-0.15, -0.1) is 0 Å². The lowest BCUT2D eigenvalue weighted by Crippen LogP contribution is -2.26. The van der Waals surface area contributed by atoms with Crippen LogP contribution in [0.25, 0.3) is 10.8 Å². The van der Waals surface area contributed by atoms with Crippen LogP contribution in [0, 0.1) is 0 Å². The molecular weight excluding hydrogens is 519 g/mol. The number of phenolic OH excluding ortho intramolecular Hbond substituents is 1. The second-order valence-electron chi connectivity index (χ2n) is 8.32. The molecule has 0 fully saturated rings. The van der Waals surface area contributed by atoms with Gasteiger partial charge in [0.2, 0.25) is 0 Å². The smallest absolute Gasteiger partial charge is 0.416 e. The second kappa shape index (κ2) is 11.4. The maximum Gasteiger partial charge on any atom is 0.416 e. The van der Waals surface area contributed by atoms with Crippen molar-refractivity contribution in [2.24, 2.45) is 5.10 Å². The molecule has 194 valence electrons. The summed E-state index contributed by atoms with van der Waals surface area (Å²) in [5, 5.41) is 17.6. The van der Waals surface area contributed by atoms with Crippen molar-refractivity contribution in [1.82, 2.24) is 10.7 Å². The fourth-order valence-corrected chi connectivity index (χ4v) is 4.01. The number of halogens is 4. The predicted molar refractivity (Wildman–Crippen MR) is 140 cm³/mol. The summed E-state index contributed by atoms with van der Waals surface area (Å²) in [5.74, 6) is -1.03. The maximum atomic E-state index is 12.9. The number of hydrazone groups is 1. The lowest BCUT2D eigenvalue weighted by Gasteiger charge is -2.11. The Morgan fingerprint density at radius 3 is 2.42 bits per heavy atom. The molecule has 0 unspecified atom stereocenters. The number of phenols is 1. The van der Waals surface area contributed by atoms with Crippen LogP contribution in [0.4, 0.5) is 13.2 Å². The highest BCUT2D eigenvalue weighted by Crippen LogP contribution is 2.29. The van der Waals surface area contributed by atoms with Gasteiger partial charge in [-0.2, -0.15) is 18.3 Å². The van der Waals surface area contributed by atoms with Crippen molar-refractivity contribution in [2.45, 2.75) is 12.6 Å². The first-order valence-electron chi connectivity index (χ1n) is 11.4. The van der Waals surface area contributed by atoms with E-state index in [1.165, 1.54) is 30.5 Å². The number of hydrogen-bond acceptors (Lipinski definition) is 4. The number of hydrogen-bond donors (Lipinski definition) is 3. The van der Waals surface area contributed by atoms with Gasteiger partial charge >= 0.3 is 6.18 Å². The Bertz CT molecular complexity index is 1540. The first-order valence-corrected chi connectivity index (χ1v) is 11.8. The summed E-state index contributed by atoms with van der Waals surface area (Å²) < 4.78 is 38.8. The van der Waals surface area contributed by atoms with Gasteiger partial charge in [0.25, 0.3) is 11.8 Å². The van der Waals surface area contributed by atoms with E-state index in [0.717, 1.165) is 12.1 Å². The summed E-state index contributed by atoms with van der Waals surface area (Å²) in [5.41, 5.74) is 3.38. The highest BCUT2D eigenvalue weighted by Gasteiger charge is 2.30. The standard InChI is InChI=1S/C28H21ClF3N3O3/c29-24-15-18(9-11-25(24)36)26(37)35-34-16-19-8-10-23(22-7-2-1-6-21(19)22)27(38)33-13-12-17-4-3-5-20(14-17)28(30,31)32/h1-11,14-16,36H,12-13H2,(H,33,38)(H,35,37). The van der Waals surface area contributed by atoms with Crippen LogP contribution in [0.3, 0.4) is 0 Å². The lowest BCUT2D eigenvalue weighted by molar-refractivity contribution is -0.137. The average Bonchev–Trinajstić information content (AvgIpc) is 2.90. The van der Waals surface area contributed by atoms with Crippen molar-refractivity contribution in [1.29, 1.82) is 0 Å². The van der Waals surface area contributed by atoms with Crippen molar-refractivity contribution in [3.8, 4) is 5.75 Å². The number of nitrogens with zero attached hydrogens (tertiary/aromatic N) is 1. The Kier molecular flexibility index (Phi) is 7.97. The third-order valence-corrected chi connectivity index (χ3v) is 6.04. The number of aromatic hydroxyl groups is 1. The van der Waals surface area contributed by atoms with Gasteiger partial charge in [-0.1, -0.05) is 60.1 Å². The Hall–Kier alpha value is -4.37. The summed E-state index contributed by atoms with van der Waals surface area (Å²) in [7, 11) is 0. The summed E-state index contributed by atoms with van der Waals surface area (Å²) in [6, 6.07) is 19.5. The molecule has 6 nitrogen and oxygen atoms in total. The van der Waals surface area contributed by atoms with Gasteiger partial charge in [-0.25, -0.2) is 5.43 Å². The molecule has 10 heteroatoms. The van der Waals surface area contributed by atoms with Crippen LogP contribution in [0.1, 0.15) is 37.4 Å². The molecule has 0 radical (unpaired) electrons. The normalized spacial score (nSPS) is 11.6. The van der Waals surface area contributed by atoms with E-state index in [2.05, 4.69) is 15.8 Å². The van der Waals surface area contributed by atoms with Gasteiger partial charge in [0.05, 0.1) is 16.8 Å². The fourth-order valence-electron chi connectivity index (χ4n) is 3.82. The number of carbonyl (C=O) groups excluding carboxylic acids is 2. The van der Waals surface area contributed by atoms with Crippen LogP contribution in [0.15, 0.2) is 84.0 Å². The molecule has 0 aliphatic carbocycles. The summed E-state index contributed by atoms with van der Waals surface area (Å²) in [6.45, 7) is 0.158. The van der Waals surface area contributed by atoms with Crippen molar-refractivity contribution in [2.75, 3.05) is 6.54 Å².